The maximum Gasteiger partial charge on any atom is 0.320 e. The molecule has 0 saturated carbocycles. The van der Waals surface area contributed by atoms with E-state index in [2.05, 4.69) is 26.9 Å². The lowest BCUT2D eigenvalue weighted by atomic mass is 10.1. The highest BCUT2D eigenvalue weighted by atomic mass is 19.3. The van der Waals surface area contributed by atoms with Gasteiger partial charge in [-0.15, -0.1) is 5.10 Å². The van der Waals surface area contributed by atoms with Gasteiger partial charge in [-0.3, -0.25) is 14.3 Å². The molecule has 9 nitrogen and oxygen atoms in total. The lowest BCUT2D eigenvalue weighted by Gasteiger charge is -2.24. The van der Waals surface area contributed by atoms with Crippen molar-refractivity contribution in [2.45, 2.75) is 51.9 Å². The number of pyridine rings is 1. The summed E-state index contributed by atoms with van der Waals surface area (Å²) < 4.78 is 36.4. The van der Waals surface area contributed by atoms with Crippen LogP contribution in [0.15, 0.2) is 55.5 Å². The molecular weight excluding hydrogens is 480 g/mol. The van der Waals surface area contributed by atoms with Crippen LogP contribution in [-0.4, -0.2) is 52.9 Å². The molecule has 3 aromatic heterocycles. The zero-order chi connectivity index (χ0) is 26.3. The highest BCUT2D eigenvalue weighted by Crippen LogP contribution is 2.38. The van der Waals surface area contributed by atoms with Gasteiger partial charge in [0.1, 0.15) is 29.4 Å². The first-order valence-corrected chi connectivity index (χ1v) is 12.0. The van der Waals surface area contributed by atoms with E-state index >= 15 is 0 Å². The highest BCUT2D eigenvalue weighted by molar-refractivity contribution is 5.88. The number of fused-ring (bicyclic) bond motifs is 1. The molecule has 4 aromatic rings. The van der Waals surface area contributed by atoms with Crippen LogP contribution in [0.4, 0.5) is 8.78 Å². The minimum atomic E-state index is -2.78. The van der Waals surface area contributed by atoms with Crippen LogP contribution in [0.25, 0.3) is 22.3 Å². The first-order chi connectivity index (χ1) is 17.8. The predicted octanol–water partition coefficient (Wildman–Crippen LogP) is 4.88. The van der Waals surface area contributed by atoms with E-state index in [1.165, 1.54) is 6.08 Å². The molecule has 1 amide bonds. The van der Waals surface area contributed by atoms with Gasteiger partial charge in [0, 0.05) is 18.3 Å². The molecule has 37 heavy (non-hydrogen) atoms. The van der Waals surface area contributed by atoms with Crippen molar-refractivity contribution in [1.29, 1.82) is 0 Å². The van der Waals surface area contributed by atoms with E-state index in [0.717, 1.165) is 23.0 Å². The third kappa shape index (κ3) is 4.34. The van der Waals surface area contributed by atoms with Gasteiger partial charge in [-0.1, -0.05) is 17.9 Å². The standard InChI is InChI=1S/C26H27F2N7O2/c1-5-23(36)33-11-9-21(15(33)2)35-16(3)24(31-32-35)18-12-20-25(34(14-30-20)26(27)28)22(13-18)37-17(4)19-8-6-7-10-29-19/h5-8,10,12-15,17,21,26H,1,9,11H2,2-4H3/t15-,17+,21+/m0/s1. The summed E-state index contributed by atoms with van der Waals surface area (Å²) in [4.78, 5) is 22.5. The minimum Gasteiger partial charge on any atom is -0.482 e. The average Bonchev–Trinajstić information content (AvgIpc) is 3.60. The van der Waals surface area contributed by atoms with Gasteiger partial charge in [-0.2, -0.15) is 8.78 Å². The van der Waals surface area contributed by atoms with Gasteiger partial charge in [0.15, 0.2) is 0 Å². The zero-order valence-corrected chi connectivity index (χ0v) is 20.8. The number of halogens is 2. The Morgan fingerprint density at radius 3 is 2.78 bits per heavy atom. The smallest absolute Gasteiger partial charge is 0.320 e. The number of ether oxygens (including phenoxy) is 1. The maximum absolute atomic E-state index is 13.8. The van der Waals surface area contributed by atoms with Gasteiger partial charge < -0.3 is 9.64 Å². The molecule has 1 fully saturated rings. The second kappa shape index (κ2) is 9.72. The minimum absolute atomic E-state index is 0.0492. The van der Waals surface area contributed by atoms with E-state index in [1.807, 2.05) is 37.6 Å². The molecule has 1 saturated heterocycles. The van der Waals surface area contributed by atoms with E-state index in [0.29, 0.717) is 29.0 Å². The summed E-state index contributed by atoms with van der Waals surface area (Å²) in [5, 5.41) is 8.82. The van der Waals surface area contributed by atoms with Crippen molar-refractivity contribution in [1.82, 2.24) is 34.4 Å². The topological polar surface area (TPSA) is 91.0 Å². The highest BCUT2D eigenvalue weighted by Gasteiger charge is 2.36. The maximum atomic E-state index is 13.8. The number of rotatable bonds is 7. The molecule has 3 atom stereocenters. The van der Waals surface area contributed by atoms with Crippen LogP contribution in [0.5, 0.6) is 5.75 Å². The number of carbonyl (C=O) groups excluding carboxylic acids is 1. The zero-order valence-electron chi connectivity index (χ0n) is 20.8. The summed E-state index contributed by atoms with van der Waals surface area (Å²) in [6.07, 6.45) is 4.31. The van der Waals surface area contributed by atoms with E-state index in [1.54, 1.807) is 29.3 Å². The normalized spacial score (nSPS) is 18.5. The molecule has 1 aromatic carbocycles. The van der Waals surface area contributed by atoms with Crippen LogP contribution in [-0.2, 0) is 4.79 Å². The Kier molecular flexibility index (Phi) is 6.45. The van der Waals surface area contributed by atoms with Gasteiger partial charge in [0.25, 0.3) is 0 Å². The third-order valence-corrected chi connectivity index (χ3v) is 6.94. The summed E-state index contributed by atoms with van der Waals surface area (Å²) in [7, 11) is 0. The quantitative estimate of drug-likeness (QED) is 0.331. The van der Waals surface area contributed by atoms with E-state index in [4.69, 9.17) is 4.74 Å². The molecule has 192 valence electrons. The van der Waals surface area contributed by atoms with Crippen LogP contribution in [0, 0.1) is 6.92 Å². The SMILES string of the molecule is C=CC(=O)N1CC[C@@H](n2nnc(-c3cc(O[C@H](C)c4ccccn4)c4c(c3)ncn4C(F)F)c2C)[C@@H]1C. The van der Waals surface area contributed by atoms with Gasteiger partial charge >= 0.3 is 6.55 Å². The summed E-state index contributed by atoms with van der Waals surface area (Å²) in [5.41, 5.74) is 3.23. The summed E-state index contributed by atoms with van der Waals surface area (Å²) >= 11 is 0. The van der Waals surface area contributed by atoms with Crippen LogP contribution < -0.4 is 4.74 Å². The van der Waals surface area contributed by atoms with Gasteiger partial charge in [0.2, 0.25) is 5.91 Å². The van der Waals surface area contributed by atoms with E-state index in [9.17, 15) is 13.6 Å². The second-order valence-electron chi connectivity index (χ2n) is 9.09. The number of alkyl halides is 2. The van der Waals surface area contributed by atoms with Crippen molar-refractivity contribution in [2.75, 3.05) is 6.54 Å². The van der Waals surface area contributed by atoms with Crippen molar-refractivity contribution in [3.8, 4) is 17.0 Å². The molecule has 5 rings (SSSR count). The lowest BCUT2D eigenvalue weighted by molar-refractivity contribution is -0.126. The number of imidazole rings is 1. The molecule has 0 radical (unpaired) electrons. The predicted molar refractivity (Wildman–Crippen MR) is 133 cm³/mol. The molecular formula is C26H27F2N7O2. The van der Waals surface area contributed by atoms with Crippen LogP contribution in [0.2, 0.25) is 0 Å². The van der Waals surface area contributed by atoms with Gasteiger partial charge in [0.05, 0.1) is 29.0 Å². The Morgan fingerprint density at radius 2 is 2.08 bits per heavy atom. The first-order valence-electron chi connectivity index (χ1n) is 12.0. The van der Waals surface area contributed by atoms with Gasteiger partial charge in [-0.05, 0) is 57.5 Å². The molecule has 11 heteroatoms. The summed E-state index contributed by atoms with van der Waals surface area (Å²) in [5.74, 6) is 0.131. The number of nitrogens with zero attached hydrogens (tertiary/aromatic N) is 7. The van der Waals surface area contributed by atoms with Crippen LogP contribution in [0.1, 0.15) is 50.4 Å². The van der Waals surface area contributed by atoms with Crippen molar-refractivity contribution >= 4 is 16.9 Å². The molecule has 1 aliphatic heterocycles. The van der Waals surface area contributed by atoms with Gasteiger partial charge in [-0.25, -0.2) is 9.67 Å². The van der Waals surface area contributed by atoms with Crippen molar-refractivity contribution in [2.24, 2.45) is 0 Å². The summed E-state index contributed by atoms with van der Waals surface area (Å²) in [6.45, 7) is 7.10. The Balaban J connectivity index is 1.54. The fourth-order valence-corrected chi connectivity index (χ4v) is 4.98. The van der Waals surface area contributed by atoms with Crippen LogP contribution in [0.3, 0.4) is 0 Å². The largest absolute Gasteiger partial charge is 0.482 e. The first kappa shape index (κ1) is 24.5. The van der Waals surface area contributed by atoms with Crippen molar-refractivity contribution in [3.05, 3.63) is 66.9 Å². The fourth-order valence-electron chi connectivity index (χ4n) is 4.98. The third-order valence-electron chi connectivity index (χ3n) is 6.94. The number of likely N-dealkylation sites (tertiary alicyclic amines) is 1. The Bertz CT molecular complexity index is 1450. The number of benzene rings is 1. The molecule has 4 heterocycles. The molecule has 1 aliphatic rings. The Morgan fingerprint density at radius 1 is 1.27 bits per heavy atom. The van der Waals surface area contributed by atoms with Crippen LogP contribution >= 0.6 is 0 Å². The van der Waals surface area contributed by atoms with E-state index in [-0.39, 0.29) is 29.3 Å². The monoisotopic (exact) mass is 507 g/mol. The Labute approximate surface area is 212 Å². The number of hydrogen-bond acceptors (Lipinski definition) is 6. The molecule has 0 spiro atoms. The number of hydrogen-bond donors (Lipinski definition) is 0. The molecule has 0 bridgehead atoms. The number of carbonyl (C=O) groups is 1. The number of aromatic nitrogens is 6. The summed E-state index contributed by atoms with van der Waals surface area (Å²) in [6, 6.07) is 8.72. The number of amides is 1. The lowest BCUT2D eigenvalue weighted by Crippen LogP contribution is -2.35. The van der Waals surface area contributed by atoms with Crippen molar-refractivity contribution in [3.63, 3.8) is 0 Å². The molecule has 0 aliphatic carbocycles. The van der Waals surface area contributed by atoms with Crippen molar-refractivity contribution < 1.29 is 18.3 Å². The average molecular weight is 508 g/mol. The molecule has 0 unspecified atom stereocenters. The molecule has 0 N–H and O–H groups in total. The Hall–Kier alpha value is -4.15. The second-order valence-corrected chi connectivity index (χ2v) is 9.09. The fraction of sp³-hybridized carbons (Fsp3) is 0.346. The van der Waals surface area contributed by atoms with E-state index < -0.39 is 12.7 Å².